The second kappa shape index (κ2) is 49.0. The monoisotopic (exact) mass is 841 g/mol. The largest absolute Gasteiger partial charge is 0.462 e. The van der Waals surface area contributed by atoms with E-state index < -0.39 is 6.10 Å². The number of carbonyl (C=O) groups excluding carboxylic acids is 3. The van der Waals surface area contributed by atoms with E-state index in [1.165, 1.54) is 128 Å². The quantitative estimate of drug-likeness (QED) is 0.0200. The van der Waals surface area contributed by atoms with Gasteiger partial charge in [-0.2, -0.15) is 0 Å². The van der Waals surface area contributed by atoms with E-state index in [0.717, 1.165) is 89.9 Å². The predicted octanol–water partition coefficient (Wildman–Crippen LogP) is 16.7. The van der Waals surface area contributed by atoms with Gasteiger partial charge in [0.2, 0.25) is 0 Å². The zero-order valence-corrected chi connectivity index (χ0v) is 39.7. The lowest BCUT2D eigenvalue weighted by molar-refractivity contribution is -0.167. The molecule has 0 bridgehead atoms. The van der Waals surface area contributed by atoms with Crippen LogP contribution in [0.5, 0.6) is 0 Å². The fourth-order valence-electron chi connectivity index (χ4n) is 7.24. The Morgan fingerprint density at radius 3 is 1.13 bits per heavy atom. The number of allylic oxidation sites excluding steroid dienone is 8. The smallest absolute Gasteiger partial charge is 0.306 e. The van der Waals surface area contributed by atoms with Crippen LogP contribution >= 0.6 is 0 Å². The highest BCUT2D eigenvalue weighted by Crippen LogP contribution is 2.15. The summed E-state index contributed by atoms with van der Waals surface area (Å²) in [5.74, 6) is -0.900. The number of hydrogen-bond acceptors (Lipinski definition) is 6. The van der Waals surface area contributed by atoms with Crippen molar-refractivity contribution in [2.75, 3.05) is 13.2 Å². The Balaban J connectivity index is 4.38. The maximum absolute atomic E-state index is 12.8. The molecule has 0 amide bonds. The number of unbranched alkanes of at least 4 members (excludes halogenated alkanes) is 28. The van der Waals surface area contributed by atoms with Crippen molar-refractivity contribution in [3.05, 3.63) is 48.6 Å². The van der Waals surface area contributed by atoms with E-state index in [1.807, 2.05) is 0 Å². The molecule has 0 aromatic carbocycles. The summed E-state index contributed by atoms with van der Waals surface area (Å²) in [6.07, 6.45) is 58.0. The summed E-state index contributed by atoms with van der Waals surface area (Å²) in [6.45, 7) is 6.49. The summed E-state index contributed by atoms with van der Waals surface area (Å²) in [6, 6.07) is 0. The molecule has 60 heavy (non-hydrogen) atoms. The first-order chi connectivity index (χ1) is 29.5. The second-order valence-corrected chi connectivity index (χ2v) is 17.1. The molecule has 0 N–H and O–H groups in total. The summed E-state index contributed by atoms with van der Waals surface area (Å²) < 4.78 is 16.8. The van der Waals surface area contributed by atoms with Crippen LogP contribution in [0, 0.1) is 0 Å². The van der Waals surface area contributed by atoms with Crippen LogP contribution in [0.15, 0.2) is 48.6 Å². The molecule has 0 aromatic rings. The van der Waals surface area contributed by atoms with Crippen molar-refractivity contribution >= 4 is 17.9 Å². The van der Waals surface area contributed by atoms with Gasteiger partial charge in [0.25, 0.3) is 0 Å². The van der Waals surface area contributed by atoms with Crippen molar-refractivity contribution in [1.82, 2.24) is 0 Å². The van der Waals surface area contributed by atoms with Crippen molar-refractivity contribution < 1.29 is 28.6 Å². The minimum Gasteiger partial charge on any atom is -0.462 e. The maximum atomic E-state index is 12.8. The van der Waals surface area contributed by atoms with Crippen LogP contribution in [0.3, 0.4) is 0 Å². The van der Waals surface area contributed by atoms with Crippen LogP contribution in [-0.4, -0.2) is 37.2 Å². The highest BCUT2D eigenvalue weighted by atomic mass is 16.6. The van der Waals surface area contributed by atoms with Gasteiger partial charge < -0.3 is 14.2 Å². The Morgan fingerprint density at radius 1 is 0.367 bits per heavy atom. The number of esters is 3. The number of rotatable bonds is 46. The molecule has 1 atom stereocenters. The standard InChI is InChI=1S/C54H96O6/c1-4-7-10-13-16-19-22-25-27-29-32-35-38-41-44-47-53(56)59-50-51(49-58-52(55)46-43-40-37-34-31-24-21-18-15-12-9-6-3)60-54(57)48-45-42-39-36-33-30-28-26-23-20-17-14-11-8-5-2/h9,12,16,18-19,21-22,25,51H,4-8,10-11,13-15,17,20,23-24,26-50H2,1-3H3/b12-9-,19-16-,21-18-,25-22-. The Morgan fingerprint density at radius 2 is 0.700 bits per heavy atom. The minimum atomic E-state index is -0.780. The molecule has 0 aromatic heterocycles. The molecule has 0 rings (SSSR count). The average molecular weight is 841 g/mol. The molecule has 0 radical (unpaired) electrons. The molecule has 0 heterocycles. The number of hydrogen-bond donors (Lipinski definition) is 0. The van der Waals surface area contributed by atoms with Gasteiger partial charge in [-0.25, -0.2) is 0 Å². The van der Waals surface area contributed by atoms with Crippen LogP contribution in [0.2, 0.25) is 0 Å². The van der Waals surface area contributed by atoms with E-state index in [0.29, 0.717) is 19.3 Å². The van der Waals surface area contributed by atoms with Gasteiger partial charge in [0.05, 0.1) is 0 Å². The molecule has 348 valence electrons. The molecule has 0 spiro atoms. The van der Waals surface area contributed by atoms with Gasteiger partial charge in [-0.1, -0.05) is 217 Å². The third-order valence-corrected chi connectivity index (χ3v) is 11.1. The number of carbonyl (C=O) groups is 3. The van der Waals surface area contributed by atoms with Crippen LogP contribution in [-0.2, 0) is 28.6 Å². The molecule has 0 saturated heterocycles. The van der Waals surface area contributed by atoms with E-state index in [2.05, 4.69) is 69.4 Å². The van der Waals surface area contributed by atoms with Crippen molar-refractivity contribution in [3.8, 4) is 0 Å². The predicted molar refractivity (Wildman–Crippen MR) is 256 cm³/mol. The van der Waals surface area contributed by atoms with Gasteiger partial charge in [0.1, 0.15) is 13.2 Å². The Labute approximate surface area is 371 Å². The van der Waals surface area contributed by atoms with Crippen molar-refractivity contribution in [2.45, 2.75) is 264 Å². The molecule has 0 aliphatic rings. The first-order valence-corrected chi connectivity index (χ1v) is 25.7. The lowest BCUT2D eigenvalue weighted by Gasteiger charge is -2.18. The van der Waals surface area contributed by atoms with E-state index in [4.69, 9.17) is 14.2 Å². The molecule has 0 aliphatic heterocycles. The summed E-state index contributed by atoms with van der Waals surface area (Å²) in [4.78, 5) is 37.9. The normalized spacial score (nSPS) is 12.4. The Hall–Kier alpha value is -2.63. The zero-order valence-electron chi connectivity index (χ0n) is 39.7. The molecule has 0 fully saturated rings. The van der Waals surface area contributed by atoms with Crippen LogP contribution in [0.25, 0.3) is 0 Å². The molecule has 6 heteroatoms. The highest BCUT2D eigenvalue weighted by Gasteiger charge is 2.19. The SMILES string of the molecule is CC/C=C\C/C=C\CCCCCCCC(=O)OCC(COC(=O)CCCCCCCC/C=C\C=C/CCCCC)OC(=O)CCCCCCCCCCCCCCCCC. The third kappa shape index (κ3) is 46.4. The highest BCUT2D eigenvalue weighted by molar-refractivity contribution is 5.71. The van der Waals surface area contributed by atoms with E-state index in [1.54, 1.807) is 0 Å². The maximum Gasteiger partial charge on any atom is 0.306 e. The van der Waals surface area contributed by atoms with Gasteiger partial charge in [-0.3, -0.25) is 14.4 Å². The molecule has 1 unspecified atom stereocenters. The van der Waals surface area contributed by atoms with E-state index in [9.17, 15) is 14.4 Å². The lowest BCUT2D eigenvalue weighted by atomic mass is 10.0. The first kappa shape index (κ1) is 57.4. The lowest BCUT2D eigenvalue weighted by Crippen LogP contribution is -2.30. The first-order valence-electron chi connectivity index (χ1n) is 25.7. The van der Waals surface area contributed by atoms with E-state index >= 15 is 0 Å². The third-order valence-electron chi connectivity index (χ3n) is 11.1. The summed E-state index contributed by atoms with van der Waals surface area (Å²) >= 11 is 0. The fraction of sp³-hybridized carbons (Fsp3) is 0.796. The van der Waals surface area contributed by atoms with Crippen LogP contribution in [0.1, 0.15) is 258 Å². The fourth-order valence-corrected chi connectivity index (χ4v) is 7.24. The summed E-state index contributed by atoms with van der Waals surface area (Å²) in [5.41, 5.74) is 0. The summed E-state index contributed by atoms with van der Waals surface area (Å²) in [7, 11) is 0. The van der Waals surface area contributed by atoms with E-state index in [-0.39, 0.29) is 31.1 Å². The van der Waals surface area contributed by atoms with Crippen LogP contribution < -0.4 is 0 Å². The summed E-state index contributed by atoms with van der Waals surface area (Å²) in [5, 5.41) is 0. The molecule has 0 aliphatic carbocycles. The minimum absolute atomic E-state index is 0.0819. The molecular formula is C54H96O6. The topological polar surface area (TPSA) is 78.9 Å². The van der Waals surface area contributed by atoms with Gasteiger partial charge in [-0.15, -0.1) is 0 Å². The molecule has 0 saturated carbocycles. The van der Waals surface area contributed by atoms with Gasteiger partial charge in [-0.05, 0) is 70.6 Å². The van der Waals surface area contributed by atoms with Gasteiger partial charge in [0, 0.05) is 19.3 Å². The Bertz CT molecular complexity index is 1060. The van der Waals surface area contributed by atoms with Crippen molar-refractivity contribution in [1.29, 1.82) is 0 Å². The van der Waals surface area contributed by atoms with Gasteiger partial charge >= 0.3 is 17.9 Å². The Kier molecular flexibility index (Phi) is 46.9. The number of ether oxygens (including phenoxy) is 3. The van der Waals surface area contributed by atoms with Crippen molar-refractivity contribution in [2.24, 2.45) is 0 Å². The van der Waals surface area contributed by atoms with Gasteiger partial charge in [0.15, 0.2) is 6.10 Å². The molecular weight excluding hydrogens is 745 g/mol. The second-order valence-electron chi connectivity index (χ2n) is 17.1. The average Bonchev–Trinajstić information content (AvgIpc) is 3.24. The van der Waals surface area contributed by atoms with Crippen molar-refractivity contribution in [3.63, 3.8) is 0 Å². The zero-order chi connectivity index (χ0) is 43.7. The molecule has 6 nitrogen and oxygen atoms in total. The van der Waals surface area contributed by atoms with Crippen LogP contribution in [0.4, 0.5) is 0 Å².